The zero-order valence-corrected chi connectivity index (χ0v) is 17.4. The zero-order chi connectivity index (χ0) is 19.6. The molecule has 144 valence electrons. The molecule has 0 spiro atoms. The molecule has 0 bridgehead atoms. The molecule has 2 aromatic rings. The Hall–Kier alpha value is -1.70. The van der Waals surface area contributed by atoms with E-state index in [2.05, 4.69) is 4.98 Å². The monoisotopic (exact) mass is 404 g/mol. The van der Waals surface area contributed by atoms with Gasteiger partial charge in [0.05, 0.1) is 10.3 Å². The molecule has 1 aliphatic rings. The third-order valence-corrected chi connectivity index (χ3v) is 7.80. The van der Waals surface area contributed by atoms with Crippen LogP contribution < -0.4 is 0 Å². The maximum atomic E-state index is 12.7. The maximum absolute atomic E-state index is 12.7. The van der Waals surface area contributed by atoms with Crippen molar-refractivity contribution in [3.63, 3.8) is 0 Å². The van der Waals surface area contributed by atoms with Crippen LogP contribution in [-0.2, 0) is 10.0 Å². The molecule has 1 aromatic carbocycles. The SMILES string of the molecule is Cc1ccc(C(=O)[C@@H](C)Sc2ccc(S(=O)(=O)N3CCCC3)cn2)cc1C. The number of hydrogen-bond acceptors (Lipinski definition) is 5. The first-order chi connectivity index (χ1) is 12.8. The van der Waals surface area contributed by atoms with Gasteiger partial charge in [0.1, 0.15) is 4.90 Å². The maximum Gasteiger partial charge on any atom is 0.244 e. The number of pyridine rings is 1. The summed E-state index contributed by atoms with van der Waals surface area (Å²) in [6.45, 7) is 6.99. The lowest BCUT2D eigenvalue weighted by atomic mass is 10.0. The van der Waals surface area contributed by atoms with Crippen LogP contribution in [0.5, 0.6) is 0 Å². The van der Waals surface area contributed by atoms with E-state index in [4.69, 9.17) is 0 Å². The number of ketones is 1. The van der Waals surface area contributed by atoms with Gasteiger partial charge in [-0.2, -0.15) is 4.31 Å². The molecule has 0 aliphatic carbocycles. The quantitative estimate of drug-likeness (QED) is 0.540. The van der Waals surface area contributed by atoms with Crippen LogP contribution in [0.25, 0.3) is 0 Å². The molecule has 3 rings (SSSR count). The highest BCUT2D eigenvalue weighted by atomic mass is 32.2. The van der Waals surface area contributed by atoms with E-state index in [1.165, 1.54) is 22.3 Å². The van der Waals surface area contributed by atoms with Gasteiger partial charge in [-0.05, 0) is 62.9 Å². The van der Waals surface area contributed by atoms with E-state index in [-0.39, 0.29) is 15.9 Å². The minimum Gasteiger partial charge on any atom is -0.293 e. The van der Waals surface area contributed by atoms with Crippen LogP contribution in [0.4, 0.5) is 0 Å². The van der Waals surface area contributed by atoms with Gasteiger partial charge in [-0.1, -0.05) is 23.9 Å². The highest BCUT2D eigenvalue weighted by molar-refractivity contribution is 8.00. The van der Waals surface area contributed by atoms with Crippen LogP contribution in [0, 0.1) is 13.8 Å². The zero-order valence-electron chi connectivity index (χ0n) is 15.8. The predicted molar refractivity (Wildman–Crippen MR) is 108 cm³/mol. The summed E-state index contributed by atoms with van der Waals surface area (Å²) in [6.07, 6.45) is 3.20. The Kier molecular flexibility index (Phi) is 6.03. The van der Waals surface area contributed by atoms with Crippen molar-refractivity contribution in [1.29, 1.82) is 0 Å². The van der Waals surface area contributed by atoms with Crippen molar-refractivity contribution in [2.45, 2.75) is 48.8 Å². The van der Waals surface area contributed by atoms with Gasteiger partial charge in [0, 0.05) is 24.8 Å². The number of benzene rings is 1. The Morgan fingerprint density at radius 1 is 1.11 bits per heavy atom. The van der Waals surface area contributed by atoms with Gasteiger partial charge in [0.2, 0.25) is 10.0 Å². The normalized spacial score (nSPS) is 16.4. The van der Waals surface area contributed by atoms with Crippen LogP contribution in [0.15, 0.2) is 46.5 Å². The Balaban J connectivity index is 1.70. The van der Waals surface area contributed by atoms with Gasteiger partial charge in [-0.3, -0.25) is 4.79 Å². The fourth-order valence-corrected chi connectivity index (χ4v) is 5.36. The lowest BCUT2D eigenvalue weighted by Gasteiger charge is -2.15. The van der Waals surface area contributed by atoms with E-state index in [1.54, 1.807) is 12.1 Å². The van der Waals surface area contributed by atoms with Crippen molar-refractivity contribution in [2.75, 3.05) is 13.1 Å². The summed E-state index contributed by atoms with van der Waals surface area (Å²) < 4.78 is 26.6. The number of carbonyl (C=O) groups is 1. The number of sulfonamides is 1. The Bertz CT molecular complexity index is 934. The summed E-state index contributed by atoms with van der Waals surface area (Å²) >= 11 is 1.34. The van der Waals surface area contributed by atoms with Crippen LogP contribution in [0.1, 0.15) is 41.3 Å². The molecule has 1 atom stereocenters. The number of aromatic nitrogens is 1. The van der Waals surface area contributed by atoms with E-state index in [1.807, 2.05) is 39.0 Å². The molecule has 7 heteroatoms. The van der Waals surface area contributed by atoms with Crippen molar-refractivity contribution >= 4 is 27.6 Å². The Morgan fingerprint density at radius 3 is 2.41 bits per heavy atom. The lowest BCUT2D eigenvalue weighted by Crippen LogP contribution is -2.27. The van der Waals surface area contributed by atoms with Crippen molar-refractivity contribution < 1.29 is 13.2 Å². The number of hydrogen-bond donors (Lipinski definition) is 0. The smallest absolute Gasteiger partial charge is 0.244 e. The van der Waals surface area contributed by atoms with Crippen molar-refractivity contribution in [3.05, 3.63) is 53.2 Å². The number of Topliss-reactive ketones (excluding diaryl/α,β-unsaturated/α-hetero) is 1. The predicted octanol–water partition coefficient (Wildman–Crippen LogP) is 3.85. The molecule has 5 nitrogen and oxygen atoms in total. The summed E-state index contributed by atoms with van der Waals surface area (Å²) in [5, 5.41) is 0.334. The fraction of sp³-hybridized carbons (Fsp3) is 0.400. The highest BCUT2D eigenvalue weighted by Crippen LogP contribution is 2.27. The lowest BCUT2D eigenvalue weighted by molar-refractivity contribution is 0.0994. The van der Waals surface area contributed by atoms with Crippen LogP contribution in [0.2, 0.25) is 0 Å². The molecule has 0 N–H and O–H groups in total. The molecular weight excluding hydrogens is 380 g/mol. The summed E-state index contributed by atoms with van der Waals surface area (Å²) in [7, 11) is -3.46. The average molecular weight is 405 g/mol. The van der Waals surface area contributed by atoms with Crippen LogP contribution >= 0.6 is 11.8 Å². The fourth-order valence-electron chi connectivity index (χ4n) is 3.03. The third kappa shape index (κ3) is 4.42. The van der Waals surface area contributed by atoms with E-state index in [9.17, 15) is 13.2 Å². The van der Waals surface area contributed by atoms with E-state index in [0.29, 0.717) is 23.7 Å². The molecule has 0 amide bonds. The van der Waals surface area contributed by atoms with Gasteiger partial charge in [0.15, 0.2) is 5.78 Å². The summed E-state index contributed by atoms with van der Waals surface area (Å²) in [5.74, 6) is 0.0404. The van der Waals surface area contributed by atoms with E-state index < -0.39 is 10.0 Å². The topological polar surface area (TPSA) is 67.3 Å². The highest BCUT2D eigenvalue weighted by Gasteiger charge is 2.27. The minimum absolute atomic E-state index is 0.0404. The first kappa shape index (κ1) is 20.0. The standard InChI is InChI=1S/C20H24N2O3S2/c1-14-6-7-17(12-15(14)2)20(23)16(3)26-19-9-8-18(13-21-19)27(24,25)22-10-4-5-11-22/h6-9,12-13,16H,4-5,10-11H2,1-3H3/t16-/m1/s1. The Morgan fingerprint density at radius 2 is 1.81 bits per heavy atom. The summed E-state index contributed by atoms with van der Waals surface area (Å²) in [5.41, 5.74) is 2.93. The van der Waals surface area contributed by atoms with Gasteiger partial charge in [-0.15, -0.1) is 0 Å². The second-order valence-corrected chi connectivity index (χ2v) is 10.2. The second-order valence-electron chi connectivity index (χ2n) is 6.87. The van der Waals surface area contributed by atoms with Gasteiger partial charge >= 0.3 is 0 Å². The first-order valence-electron chi connectivity index (χ1n) is 9.03. The molecule has 1 fully saturated rings. The number of rotatable bonds is 6. The van der Waals surface area contributed by atoms with Gasteiger partial charge < -0.3 is 0 Å². The molecular formula is C20H24N2O3S2. The van der Waals surface area contributed by atoms with E-state index in [0.717, 1.165) is 24.0 Å². The second kappa shape index (κ2) is 8.12. The molecule has 27 heavy (non-hydrogen) atoms. The largest absolute Gasteiger partial charge is 0.293 e. The molecule has 1 aromatic heterocycles. The molecule has 2 heterocycles. The summed E-state index contributed by atoms with van der Waals surface area (Å²) in [4.78, 5) is 17.1. The van der Waals surface area contributed by atoms with Crippen LogP contribution in [-0.4, -0.2) is 41.8 Å². The third-order valence-electron chi connectivity index (χ3n) is 4.87. The van der Waals surface area contributed by atoms with E-state index >= 15 is 0 Å². The number of nitrogens with zero attached hydrogens (tertiary/aromatic N) is 2. The van der Waals surface area contributed by atoms with Gasteiger partial charge in [0.25, 0.3) is 0 Å². The molecule has 1 aliphatic heterocycles. The molecule has 0 radical (unpaired) electrons. The number of thioether (sulfide) groups is 1. The van der Waals surface area contributed by atoms with Crippen molar-refractivity contribution in [3.8, 4) is 0 Å². The molecule has 1 saturated heterocycles. The van der Waals surface area contributed by atoms with Gasteiger partial charge in [-0.25, -0.2) is 13.4 Å². The first-order valence-corrected chi connectivity index (χ1v) is 11.4. The minimum atomic E-state index is -3.46. The average Bonchev–Trinajstić information content (AvgIpc) is 3.19. The van der Waals surface area contributed by atoms with Crippen molar-refractivity contribution in [2.24, 2.45) is 0 Å². The Labute approximate surface area is 165 Å². The molecule has 0 unspecified atom stereocenters. The van der Waals surface area contributed by atoms with Crippen molar-refractivity contribution in [1.82, 2.24) is 9.29 Å². The summed E-state index contributed by atoms with van der Waals surface area (Å²) in [6, 6.07) is 8.97. The molecule has 0 saturated carbocycles. The van der Waals surface area contributed by atoms with Crippen LogP contribution in [0.3, 0.4) is 0 Å². The number of aryl methyl sites for hydroxylation is 2. The number of carbonyl (C=O) groups excluding carboxylic acids is 1.